The third-order valence-electron chi connectivity index (χ3n) is 7.28. The van der Waals surface area contributed by atoms with Crippen molar-refractivity contribution >= 4 is 22.4 Å². The Morgan fingerprint density at radius 2 is 1.54 bits per heavy atom. The molecular weight excluding hydrogens is 468 g/mol. The van der Waals surface area contributed by atoms with Crippen LogP contribution in [0.15, 0.2) is 48.2 Å². The first kappa shape index (κ1) is 26.3. The third-order valence-corrected chi connectivity index (χ3v) is 7.28. The molecule has 2 aromatic carbocycles. The van der Waals surface area contributed by atoms with Crippen molar-refractivity contribution in [2.75, 3.05) is 33.8 Å². The molecule has 1 fully saturated rings. The van der Waals surface area contributed by atoms with E-state index < -0.39 is 0 Å². The van der Waals surface area contributed by atoms with E-state index in [2.05, 4.69) is 44.1 Å². The molecule has 0 unspecified atom stereocenters. The van der Waals surface area contributed by atoms with E-state index >= 15 is 0 Å². The van der Waals surface area contributed by atoms with E-state index in [1.807, 2.05) is 30.3 Å². The molecule has 0 spiro atoms. The topological polar surface area (TPSA) is 78.9 Å². The molecule has 1 aromatic heterocycles. The highest BCUT2D eigenvalue weighted by atomic mass is 16.5. The molecule has 3 aromatic rings. The van der Waals surface area contributed by atoms with E-state index in [0.717, 1.165) is 22.0 Å². The molecule has 1 N–H and O–H groups in total. The van der Waals surface area contributed by atoms with Gasteiger partial charge in [-0.1, -0.05) is 25.5 Å². The number of hydrogen-bond acceptors (Lipinski definition) is 6. The maximum atomic E-state index is 13.4. The van der Waals surface area contributed by atoms with Gasteiger partial charge >= 0.3 is 0 Å². The summed E-state index contributed by atoms with van der Waals surface area (Å²) in [5.41, 5.74) is 3.52. The number of fused-ring (bicyclic) bond motifs is 1. The predicted octanol–water partition coefficient (Wildman–Crippen LogP) is 6.04. The molecule has 2 atom stereocenters. The van der Waals surface area contributed by atoms with Crippen molar-refractivity contribution in [3.05, 3.63) is 59.4 Å². The Kier molecular flexibility index (Phi) is 7.35. The number of allylic oxidation sites excluding steroid dienone is 2. The molecule has 37 heavy (non-hydrogen) atoms. The minimum Gasteiger partial charge on any atom is -0.493 e. The highest BCUT2D eigenvalue weighted by Gasteiger charge is 2.60. The number of hydrogen-bond donors (Lipinski definition) is 1. The van der Waals surface area contributed by atoms with Crippen LogP contribution in [-0.4, -0.2) is 39.3 Å². The summed E-state index contributed by atoms with van der Waals surface area (Å²) >= 11 is 0. The Bertz CT molecular complexity index is 1360. The molecule has 196 valence electrons. The van der Waals surface area contributed by atoms with Crippen LogP contribution in [0.3, 0.4) is 0 Å². The van der Waals surface area contributed by atoms with Crippen molar-refractivity contribution in [1.82, 2.24) is 4.98 Å². The SMILES string of the molecule is COc1cc(Cc2nccc3cc(OC)c(OC)cc23)c(NC(=O)[C@@H]2[C@H](C=C(C)C)C2(C)C)cc1OC. The summed E-state index contributed by atoms with van der Waals surface area (Å²) in [6, 6.07) is 9.55. The number of pyridine rings is 1. The number of rotatable bonds is 9. The number of nitrogens with zero attached hydrogens (tertiary/aromatic N) is 1. The van der Waals surface area contributed by atoms with Gasteiger partial charge in [-0.3, -0.25) is 9.78 Å². The fourth-order valence-electron chi connectivity index (χ4n) is 5.12. The van der Waals surface area contributed by atoms with Gasteiger partial charge in [0.05, 0.1) is 40.1 Å². The lowest BCUT2D eigenvalue weighted by Gasteiger charge is -2.17. The molecule has 1 heterocycles. The van der Waals surface area contributed by atoms with Gasteiger partial charge in [-0.15, -0.1) is 0 Å². The quantitative estimate of drug-likeness (QED) is 0.358. The van der Waals surface area contributed by atoms with Gasteiger partial charge in [-0.2, -0.15) is 0 Å². The monoisotopic (exact) mass is 504 g/mol. The van der Waals surface area contributed by atoms with Crippen LogP contribution in [-0.2, 0) is 11.2 Å². The molecule has 7 nitrogen and oxygen atoms in total. The van der Waals surface area contributed by atoms with Crippen LogP contribution in [0.1, 0.15) is 39.0 Å². The van der Waals surface area contributed by atoms with Crippen molar-refractivity contribution in [2.24, 2.45) is 17.3 Å². The smallest absolute Gasteiger partial charge is 0.228 e. The van der Waals surface area contributed by atoms with Gasteiger partial charge in [-0.25, -0.2) is 0 Å². The van der Waals surface area contributed by atoms with Crippen LogP contribution in [0.5, 0.6) is 23.0 Å². The van der Waals surface area contributed by atoms with Crippen molar-refractivity contribution in [3.63, 3.8) is 0 Å². The first-order valence-corrected chi connectivity index (χ1v) is 12.3. The van der Waals surface area contributed by atoms with Crippen LogP contribution in [0.4, 0.5) is 5.69 Å². The second kappa shape index (κ2) is 10.3. The first-order chi connectivity index (χ1) is 17.6. The van der Waals surface area contributed by atoms with Crippen LogP contribution < -0.4 is 24.3 Å². The molecule has 1 aliphatic carbocycles. The van der Waals surface area contributed by atoms with Gasteiger partial charge in [0.1, 0.15) is 0 Å². The average molecular weight is 505 g/mol. The highest BCUT2D eigenvalue weighted by molar-refractivity contribution is 5.97. The molecular formula is C30H36N2O5. The zero-order chi connectivity index (χ0) is 26.9. The van der Waals surface area contributed by atoms with E-state index in [1.54, 1.807) is 34.6 Å². The van der Waals surface area contributed by atoms with Gasteiger partial charge in [0, 0.05) is 29.8 Å². The Labute approximate surface area is 218 Å². The average Bonchev–Trinajstić information content (AvgIpc) is 3.42. The molecule has 1 saturated carbocycles. The van der Waals surface area contributed by atoms with Crippen LogP contribution >= 0.6 is 0 Å². The van der Waals surface area contributed by atoms with Gasteiger partial charge in [-0.05, 0) is 60.4 Å². The third kappa shape index (κ3) is 5.08. The minimum absolute atomic E-state index is 0.00162. The Morgan fingerprint density at radius 3 is 2.16 bits per heavy atom. The van der Waals surface area contributed by atoms with Gasteiger partial charge in [0.15, 0.2) is 23.0 Å². The Morgan fingerprint density at radius 1 is 0.946 bits per heavy atom. The lowest BCUT2D eigenvalue weighted by atomic mass is 10.0. The number of anilines is 1. The number of nitrogens with one attached hydrogen (secondary N) is 1. The number of carbonyl (C=O) groups is 1. The van der Waals surface area contributed by atoms with Gasteiger partial charge in [0.25, 0.3) is 0 Å². The van der Waals surface area contributed by atoms with Crippen molar-refractivity contribution in [2.45, 2.75) is 34.1 Å². The zero-order valence-electron chi connectivity index (χ0n) is 22.9. The number of ether oxygens (including phenoxy) is 4. The summed E-state index contributed by atoms with van der Waals surface area (Å²) in [7, 11) is 6.42. The van der Waals surface area contributed by atoms with Crippen LogP contribution in [0, 0.1) is 17.3 Å². The summed E-state index contributed by atoms with van der Waals surface area (Å²) in [5.74, 6) is 2.53. The fraction of sp³-hybridized carbons (Fsp3) is 0.400. The van der Waals surface area contributed by atoms with E-state index in [0.29, 0.717) is 35.1 Å². The zero-order valence-corrected chi connectivity index (χ0v) is 22.9. The Hall–Kier alpha value is -3.74. The minimum atomic E-state index is -0.101. The molecule has 0 aliphatic heterocycles. The van der Waals surface area contributed by atoms with E-state index in [4.69, 9.17) is 18.9 Å². The number of benzene rings is 2. The second-order valence-electron chi connectivity index (χ2n) is 10.3. The van der Waals surface area contributed by atoms with E-state index in [-0.39, 0.29) is 23.2 Å². The van der Waals surface area contributed by atoms with Crippen molar-refractivity contribution < 1.29 is 23.7 Å². The maximum Gasteiger partial charge on any atom is 0.228 e. The normalized spacial score (nSPS) is 17.6. The van der Waals surface area contributed by atoms with E-state index in [1.165, 1.54) is 5.57 Å². The van der Waals surface area contributed by atoms with Crippen molar-refractivity contribution in [3.8, 4) is 23.0 Å². The molecule has 1 aliphatic rings. The molecule has 7 heteroatoms. The summed E-state index contributed by atoms with van der Waals surface area (Å²) in [6.45, 7) is 8.41. The molecule has 1 amide bonds. The van der Waals surface area contributed by atoms with Crippen molar-refractivity contribution in [1.29, 1.82) is 0 Å². The lowest BCUT2D eigenvalue weighted by molar-refractivity contribution is -0.118. The van der Waals surface area contributed by atoms with Gasteiger partial charge < -0.3 is 24.3 Å². The Balaban J connectivity index is 1.74. The molecule has 4 rings (SSSR count). The largest absolute Gasteiger partial charge is 0.493 e. The maximum absolute atomic E-state index is 13.4. The summed E-state index contributed by atoms with van der Waals surface area (Å²) in [5, 5.41) is 5.12. The second-order valence-corrected chi connectivity index (χ2v) is 10.3. The lowest BCUT2D eigenvalue weighted by Crippen LogP contribution is -2.18. The van der Waals surface area contributed by atoms with Crippen LogP contribution in [0.2, 0.25) is 0 Å². The predicted molar refractivity (Wildman–Crippen MR) is 146 cm³/mol. The number of aromatic nitrogens is 1. The molecule has 0 bridgehead atoms. The molecule has 0 radical (unpaired) electrons. The standard InChI is InChI=1S/C30H36N2O5/c1-17(2)11-21-28(30(21,3)4)29(33)32-22-16-27(37-8)25(35-6)14-19(22)12-23-20-15-26(36-7)24(34-5)13-18(20)9-10-31-23/h9-11,13-16,21,28H,12H2,1-8H3,(H,32,33)/t21-,28-/m0/s1. The molecule has 0 saturated heterocycles. The van der Waals surface area contributed by atoms with E-state index in [9.17, 15) is 4.79 Å². The summed E-state index contributed by atoms with van der Waals surface area (Å²) < 4.78 is 22.1. The number of amides is 1. The number of carbonyl (C=O) groups excluding carboxylic acids is 1. The first-order valence-electron chi connectivity index (χ1n) is 12.3. The fourth-order valence-corrected chi connectivity index (χ4v) is 5.12. The highest BCUT2D eigenvalue weighted by Crippen LogP contribution is 2.59. The van der Waals surface area contributed by atoms with Crippen LogP contribution in [0.25, 0.3) is 10.8 Å². The summed E-state index contributed by atoms with van der Waals surface area (Å²) in [4.78, 5) is 18.1. The summed E-state index contributed by atoms with van der Waals surface area (Å²) in [6.07, 6.45) is 4.44. The number of methoxy groups -OCH3 is 4. The van der Waals surface area contributed by atoms with Gasteiger partial charge in [0.2, 0.25) is 5.91 Å².